The minimum atomic E-state index is -0.0769. The highest BCUT2D eigenvalue weighted by Crippen LogP contribution is 2.35. The maximum atomic E-state index is 13.1. The third kappa shape index (κ3) is 4.66. The van der Waals surface area contributed by atoms with Crippen molar-refractivity contribution in [3.8, 4) is 5.75 Å². The Hall–Kier alpha value is -2.84. The number of hydrogen-bond donors (Lipinski definition) is 3. The molecule has 1 aliphatic rings. The van der Waals surface area contributed by atoms with Crippen molar-refractivity contribution in [2.24, 2.45) is 0 Å². The molecule has 3 N–H and O–H groups in total. The average molecular weight is 454 g/mol. The number of amides is 1. The Balaban J connectivity index is 1.47. The largest absolute Gasteiger partial charge is 0.495 e. The molecule has 0 spiro atoms. The van der Waals surface area contributed by atoms with E-state index < -0.39 is 0 Å². The number of thiophene rings is 1. The van der Waals surface area contributed by atoms with Crippen molar-refractivity contribution in [3.63, 3.8) is 0 Å². The molecule has 1 aliphatic heterocycles. The van der Waals surface area contributed by atoms with E-state index in [1.165, 1.54) is 11.3 Å². The maximum absolute atomic E-state index is 13.1. The summed E-state index contributed by atoms with van der Waals surface area (Å²) in [5.74, 6) is 0.804. The second-order valence-corrected chi connectivity index (χ2v) is 9.18. The fourth-order valence-electron chi connectivity index (χ4n) is 4.19. The summed E-state index contributed by atoms with van der Waals surface area (Å²) >= 11 is 1.43. The lowest BCUT2D eigenvalue weighted by atomic mass is 10.1. The van der Waals surface area contributed by atoms with E-state index in [-0.39, 0.29) is 11.9 Å². The molecule has 1 aromatic carbocycles. The summed E-state index contributed by atoms with van der Waals surface area (Å²) in [7, 11) is 3.56. The van der Waals surface area contributed by atoms with Gasteiger partial charge in [-0.25, -0.2) is 4.98 Å². The number of carbonyl (C=O) groups excluding carboxylic acids is 1. The van der Waals surface area contributed by atoms with Crippen LogP contribution in [0.3, 0.4) is 0 Å². The van der Waals surface area contributed by atoms with Gasteiger partial charge in [-0.3, -0.25) is 4.79 Å². The zero-order valence-electron chi connectivity index (χ0n) is 19.1. The van der Waals surface area contributed by atoms with Gasteiger partial charge in [0.2, 0.25) is 0 Å². The Labute approximate surface area is 193 Å². The number of nitrogens with zero attached hydrogens (tertiary/aromatic N) is 2. The van der Waals surface area contributed by atoms with E-state index in [0.717, 1.165) is 71.2 Å². The molecule has 3 heterocycles. The Kier molecular flexibility index (Phi) is 6.81. The average Bonchev–Trinajstić information content (AvgIpc) is 3.17. The van der Waals surface area contributed by atoms with Crippen LogP contribution in [0.15, 0.2) is 30.3 Å². The minimum Gasteiger partial charge on any atom is -0.495 e. The molecule has 1 saturated heterocycles. The van der Waals surface area contributed by atoms with Crippen LogP contribution >= 0.6 is 11.3 Å². The summed E-state index contributed by atoms with van der Waals surface area (Å²) in [6, 6.07) is 10.3. The number of aryl methyl sites for hydroxylation is 1. The van der Waals surface area contributed by atoms with Gasteiger partial charge in [-0.05, 0) is 50.1 Å². The van der Waals surface area contributed by atoms with Crippen molar-refractivity contribution < 1.29 is 9.53 Å². The highest BCUT2D eigenvalue weighted by molar-refractivity contribution is 7.21. The molecule has 8 heteroatoms. The van der Waals surface area contributed by atoms with Crippen LogP contribution in [0.5, 0.6) is 5.75 Å². The number of fused-ring (bicyclic) bond motifs is 1. The van der Waals surface area contributed by atoms with Gasteiger partial charge in [-0.2, -0.15) is 0 Å². The van der Waals surface area contributed by atoms with Crippen molar-refractivity contribution in [3.05, 3.63) is 46.5 Å². The van der Waals surface area contributed by atoms with Crippen molar-refractivity contribution in [2.45, 2.75) is 26.3 Å². The van der Waals surface area contributed by atoms with Crippen LogP contribution in [0.4, 0.5) is 11.4 Å². The van der Waals surface area contributed by atoms with Gasteiger partial charge >= 0.3 is 0 Å². The van der Waals surface area contributed by atoms with Crippen LogP contribution in [0.25, 0.3) is 10.2 Å². The first-order valence-corrected chi connectivity index (χ1v) is 11.8. The van der Waals surface area contributed by atoms with Gasteiger partial charge in [0.25, 0.3) is 5.91 Å². The molecule has 32 heavy (non-hydrogen) atoms. The van der Waals surface area contributed by atoms with E-state index in [1.807, 2.05) is 33.0 Å². The van der Waals surface area contributed by atoms with E-state index >= 15 is 0 Å². The molecular weight excluding hydrogens is 422 g/mol. The predicted octanol–water partition coefficient (Wildman–Crippen LogP) is 3.43. The van der Waals surface area contributed by atoms with Gasteiger partial charge < -0.3 is 25.6 Å². The van der Waals surface area contributed by atoms with Gasteiger partial charge in [0.15, 0.2) is 0 Å². The molecule has 0 aliphatic carbocycles. The van der Waals surface area contributed by atoms with Crippen molar-refractivity contribution in [1.29, 1.82) is 0 Å². The zero-order valence-corrected chi connectivity index (χ0v) is 19.9. The topological polar surface area (TPSA) is 78.5 Å². The molecule has 2 aromatic heterocycles. The molecule has 1 fully saturated rings. The lowest BCUT2D eigenvalue weighted by Gasteiger charge is -2.30. The molecule has 0 unspecified atom stereocenters. The number of methoxy groups -OCH3 is 1. The minimum absolute atomic E-state index is 0.0261. The van der Waals surface area contributed by atoms with Crippen LogP contribution < -0.4 is 25.6 Å². The summed E-state index contributed by atoms with van der Waals surface area (Å²) in [5.41, 5.74) is 4.04. The van der Waals surface area contributed by atoms with E-state index in [1.54, 1.807) is 7.11 Å². The Morgan fingerprint density at radius 1 is 1.28 bits per heavy atom. The second kappa shape index (κ2) is 9.75. The Morgan fingerprint density at radius 3 is 2.78 bits per heavy atom. The fraction of sp³-hybridized carbons (Fsp3) is 0.417. The molecule has 3 aromatic rings. The predicted molar refractivity (Wildman–Crippen MR) is 133 cm³/mol. The number of rotatable bonds is 7. The van der Waals surface area contributed by atoms with Gasteiger partial charge in [-0.15, -0.1) is 11.3 Å². The third-order valence-corrected chi connectivity index (χ3v) is 6.87. The monoisotopic (exact) mass is 453 g/mol. The van der Waals surface area contributed by atoms with E-state index in [0.29, 0.717) is 4.88 Å². The molecule has 0 bridgehead atoms. The molecule has 0 saturated carbocycles. The first kappa shape index (κ1) is 22.4. The normalized spacial score (nSPS) is 14.9. The smallest absolute Gasteiger partial charge is 0.263 e. The number of nitrogens with one attached hydrogen (secondary N) is 3. The highest BCUT2D eigenvalue weighted by atomic mass is 32.1. The van der Waals surface area contributed by atoms with E-state index in [4.69, 9.17) is 4.74 Å². The van der Waals surface area contributed by atoms with Crippen molar-refractivity contribution in [2.75, 3.05) is 50.6 Å². The summed E-state index contributed by atoms with van der Waals surface area (Å²) in [4.78, 5) is 21.5. The summed E-state index contributed by atoms with van der Waals surface area (Å²) in [6.45, 7) is 7.90. The molecule has 170 valence electrons. The number of anilines is 2. The number of aromatic nitrogens is 1. The number of benzene rings is 1. The Bertz CT molecular complexity index is 1110. The van der Waals surface area contributed by atoms with Gasteiger partial charge in [0, 0.05) is 50.3 Å². The molecule has 7 nitrogen and oxygen atoms in total. The molecule has 4 rings (SSSR count). The molecular formula is C24H31N5O2S. The second-order valence-electron chi connectivity index (χ2n) is 8.18. The zero-order chi connectivity index (χ0) is 22.7. The lowest BCUT2D eigenvalue weighted by molar-refractivity contribution is 0.0945. The van der Waals surface area contributed by atoms with Crippen LogP contribution in [-0.4, -0.2) is 57.3 Å². The Morgan fingerprint density at radius 2 is 2.06 bits per heavy atom. The lowest BCUT2D eigenvalue weighted by Crippen LogP contribution is -2.43. The SMILES string of the molecule is CNc1c(C(=O)N[C@@H](C)Cc2ccc(N3CCNCC3)c(OC)c2)sc2nc(C)ccc12. The quantitative estimate of drug-likeness (QED) is 0.509. The van der Waals surface area contributed by atoms with Crippen LogP contribution in [-0.2, 0) is 6.42 Å². The number of hydrogen-bond acceptors (Lipinski definition) is 7. The molecule has 0 radical (unpaired) electrons. The number of pyridine rings is 1. The van der Waals surface area contributed by atoms with Gasteiger partial charge in [0.1, 0.15) is 15.5 Å². The first-order chi connectivity index (χ1) is 15.5. The third-order valence-electron chi connectivity index (χ3n) is 5.77. The number of ether oxygens (including phenoxy) is 1. The summed E-state index contributed by atoms with van der Waals surface area (Å²) in [6.07, 6.45) is 0.723. The maximum Gasteiger partial charge on any atom is 0.263 e. The summed E-state index contributed by atoms with van der Waals surface area (Å²) in [5, 5.41) is 10.7. The first-order valence-electron chi connectivity index (χ1n) is 11.0. The standard InChI is InChI=1S/C24H31N5O2S/c1-15-5-7-18-21(25-3)22(32-24(18)28-15)23(30)27-16(2)13-17-6-8-19(20(14-17)31-4)29-11-9-26-10-12-29/h5-8,14,16,25-26H,9-13H2,1-4H3,(H,27,30)/t16-/m0/s1. The molecule has 1 atom stereocenters. The van der Waals surface area contributed by atoms with E-state index in [9.17, 15) is 4.79 Å². The van der Waals surface area contributed by atoms with Gasteiger partial charge in [-0.1, -0.05) is 6.07 Å². The van der Waals surface area contributed by atoms with Crippen LogP contribution in [0.1, 0.15) is 27.9 Å². The highest BCUT2D eigenvalue weighted by Gasteiger charge is 2.21. The number of piperazine rings is 1. The van der Waals surface area contributed by atoms with Crippen molar-refractivity contribution >= 4 is 38.8 Å². The summed E-state index contributed by atoms with van der Waals surface area (Å²) < 4.78 is 5.68. The van der Waals surface area contributed by atoms with Crippen molar-refractivity contribution in [1.82, 2.24) is 15.6 Å². The van der Waals surface area contributed by atoms with Gasteiger partial charge in [0.05, 0.1) is 18.5 Å². The molecule has 1 amide bonds. The van der Waals surface area contributed by atoms with Crippen LogP contribution in [0.2, 0.25) is 0 Å². The number of carbonyl (C=O) groups is 1. The van der Waals surface area contributed by atoms with E-state index in [2.05, 4.69) is 44.0 Å². The fourth-order valence-corrected chi connectivity index (χ4v) is 5.32. The van der Waals surface area contributed by atoms with Crippen LogP contribution in [0, 0.1) is 6.92 Å².